The van der Waals surface area contributed by atoms with Gasteiger partial charge in [0.05, 0.1) is 17.1 Å². The van der Waals surface area contributed by atoms with E-state index in [9.17, 15) is 15.2 Å². The Morgan fingerprint density at radius 3 is 2.48 bits per heavy atom. The van der Waals surface area contributed by atoms with Gasteiger partial charge in [-0.3, -0.25) is 15.0 Å². The molecule has 1 aromatic rings. The predicted octanol–water partition coefficient (Wildman–Crippen LogP) is 2.72. The molecule has 0 spiro atoms. The van der Waals surface area contributed by atoms with E-state index in [2.05, 4.69) is 0 Å². The summed E-state index contributed by atoms with van der Waals surface area (Å²) in [5.74, 6) is -1.43. The van der Waals surface area contributed by atoms with E-state index in [1.54, 1.807) is 12.1 Å². The van der Waals surface area contributed by atoms with Crippen molar-refractivity contribution in [2.45, 2.75) is 69.6 Å². The van der Waals surface area contributed by atoms with Gasteiger partial charge in [0.25, 0.3) is 5.69 Å². The molecular formula is C18H24N2O5. The van der Waals surface area contributed by atoms with E-state index in [4.69, 9.17) is 9.57 Å². The smallest absolute Gasteiger partial charge is 0.269 e. The highest BCUT2D eigenvalue weighted by Crippen LogP contribution is 2.55. The Bertz CT molecular complexity index is 686. The normalized spacial score (nSPS) is 37.9. The molecule has 1 saturated carbocycles. The van der Waals surface area contributed by atoms with Crippen molar-refractivity contribution in [3.05, 3.63) is 39.9 Å². The number of benzene rings is 1. The molecule has 1 aromatic carbocycles. The van der Waals surface area contributed by atoms with Gasteiger partial charge in [-0.1, -0.05) is 0 Å². The summed E-state index contributed by atoms with van der Waals surface area (Å²) in [5, 5.41) is 24.3. The lowest BCUT2D eigenvalue weighted by Gasteiger charge is -2.40. The molecule has 0 bridgehead atoms. The molecule has 5 atom stereocenters. The molecule has 0 radical (unpaired) electrons. The minimum Gasteiger partial charge on any atom is -0.360 e. The Labute approximate surface area is 146 Å². The summed E-state index contributed by atoms with van der Waals surface area (Å²) < 4.78 is 6.16. The number of nitro groups is 1. The zero-order chi connectivity index (χ0) is 18.0. The number of hydrogen-bond donors (Lipinski definition) is 1. The lowest BCUT2D eigenvalue weighted by Crippen LogP contribution is -2.53. The molecule has 7 heteroatoms. The number of nitrogens with zero attached hydrogens (tertiary/aromatic N) is 2. The van der Waals surface area contributed by atoms with Crippen LogP contribution in [0.3, 0.4) is 0 Å². The third-order valence-electron chi connectivity index (χ3n) is 5.59. The van der Waals surface area contributed by atoms with Crippen molar-refractivity contribution < 1.29 is 19.6 Å². The third kappa shape index (κ3) is 2.49. The van der Waals surface area contributed by atoms with Gasteiger partial charge >= 0.3 is 0 Å². The molecule has 7 nitrogen and oxygen atoms in total. The molecule has 4 rings (SSSR count). The molecule has 1 aliphatic carbocycles. The van der Waals surface area contributed by atoms with Gasteiger partial charge < -0.3 is 9.84 Å². The van der Waals surface area contributed by atoms with E-state index < -0.39 is 10.7 Å². The lowest BCUT2D eigenvalue weighted by atomic mass is 9.78. The highest BCUT2D eigenvalue weighted by Gasteiger charge is 2.66. The first-order valence-corrected chi connectivity index (χ1v) is 8.83. The SMILES string of the molecule is CC(C)(C)N1O[C@@H]2CCC[C@@H]3O[C@](O)(c4ccc([N+](=O)[O-])cc4)[C@@H]1[C@@H]32. The Morgan fingerprint density at radius 1 is 1.24 bits per heavy atom. The van der Waals surface area contributed by atoms with Gasteiger partial charge in [-0.25, -0.2) is 0 Å². The number of aliphatic hydroxyl groups is 1. The van der Waals surface area contributed by atoms with Crippen molar-refractivity contribution in [2.24, 2.45) is 5.92 Å². The molecule has 1 N–H and O–H groups in total. The quantitative estimate of drug-likeness (QED) is 0.653. The van der Waals surface area contributed by atoms with Gasteiger partial charge in [0.2, 0.25) is 5.79 Å². The van der Waals surface area contributed by atoms with Crippen molar-refractivity contribution >= 4 is 5.69 Å². The van der Waals surface area contributed by atoms with Crippen LogP contribution in [0.1, 0.15) is 45.6 Å². The fraction of sp³-hybridized carbons (Fsp3) is 0.667. The second-order valence-corrected chi connectivity index (χ2v) is 8.25. The summed E-state index contributed by atoms with van der Waals surface area (Å²) >= 11 is 0. The van der Waals surface area contributed by atoms with Crippen molar-refractivity contribution in [3.63, 3.8) is 0 Å². The van der Waals surface area contributed by atoms with Crippen LogP contribution >= 0.6 is 0 Å². The van der Waals surface area contributed by atoms with Crippen LogP contribution in [0.25, 0.3) is 0 Å². The predicted molar refractivity (Wildman–Crippen MR) is 89.5 cm³/mol. The van der Waals surface area contributed by atoms with Crippen LogP contribution in [-0.2, 0) is 15.4 Å². The van der Waals surface area contributed by atoms with Crippen LogP contribution in [0, 0.1) is 16.0 Å². The molecule has 0 aromatic heterocycles. The average Bonchev–Trinajstić information content (AvgIpc) is 3.09. The van der Waals surface area contributed by atoms with Crippen LogP contribution in [0.4, 0.5) is 5.69 Å². The second kappa shape index (κ2) is 5.48. The zero-order valence-corrected chi connectivity index (χ0v) is 14.7. The number of nitro benzene ring substituents is 1. The molecule has 2 saturated heterocycles. The van der Waals surface area contributed by atoms with Gasteiger partial charge in [-0.2, -0.15) is 5.06 Å². The molecule has 2 heterocycles. The van der Waals surface area contributed by atoms with Crippen LogP contribution < -0.4 is 0 Å². The van der Waals surface area contributed by atoms with E-state index in [1.807, 2.05) is 25.8 Å². The summed E-state index contributed by atoms with van der Waals surface area (Å²) in [6.07, 6.45) is 2.86. The van der Waals surface area contributed by atoms with Gasteiger partial charge in [0.15, 0.2) is 0 Å². The van der Waals surface area contributed by atoms with Crippen LogP contribution in [0.5, 0.6) is 0 Å². The van der Waals surface area contributed by atoms with Crippen molar-refractivity contribution in [2.75, 3.05) is 0 Å². The minimum atomic E-state index is -1.53. The van der Waals surface area contributed by atoms with E-state index in [-0.39, 0.29) is 35.4 Å². The monoisotopic (exact) mass is 348 g/mol. The summed E-state index contributed by atoms with van der Waals surface area (Å²) in [5.41, 5.74) is 0.238. The van der Waals surface area contributed by atoms with Crippen molar-refractivity contribution in [3.8, 4) is 0 Å². The summed E-state index contributed by atoms with van der Waals surface area (Å²) in [6.45, 7) is 6.15. The highest BCUT2D eigenvalue weighted by molar-refractivity contribution is 5.36. The fourth-order valence-electron chi connectivity index (χ4n) is 4.54. The first-order chi connectivity index (χ1) is 11.7. The van der Waals surface area contributed by atoms with E-state index in [0.29, 0.717) is 5.56 Å². The zero-order valence-electron chi connectivity index (χ0n) is 14.7. The molecule has 0 amide bonds. The van der Waals surface area contributed by atoms with Gasteiger partial charge in [0.1, 0.15) is 6.04 Å². The Morgan fingerprint density at radius 2 is 1.88 bits per heavy atom. The summed E-state index contributed by atoms with van der Waals surface area (Å²) in [6, 6.07) is 5.66. The highest BCUT2D eigenvalue weighted by atomic mass is 16.7. The molecule has 25 heavy (non-hydrogen) atoms. The van der Waals surface area contributed by atoms with Gasteiger partial charge in [-0.05, 0) is 52.2 Å². The number of hydroxylamine groups is 2. The van der Waals surface area contributed by atoms with E-state index in [1.165, 1.54) is 12.1 Å². The maximum absolute atomic E-state index is 11.5. The molecule has 136 valence electrons. The first kappa shape index (κ1) is 16.9. The van der Waals surface area contributed by atoms with Crippen LogP contribution in [0.15, 0.2) is 24.3 Å². The number of rotatable bonds is 2. The van der Waals surface area contributed by atoms with Crippen LogP contribution in [0.2, 0.25) is 0 Å². The number of ether oxygens (including phenoxy) is 1. The van der Waals surface area contributed by atoms with Crippen molar-refractivity contribution in [1.82, 2.24) is 5.06 Å². The second-order valence-electron chi connectivity index (χ2n) is 8.25. The van der Waals surface area contributed by atoms with E-state index >= 15 is 0 Å². The average molecular weight is 348 g/mol. The number of hydrogen-bond acceptors (Lipinski definition) is 6. The van der Waals surface area contributed by atoms with Crippen molar-refractivity contribution in [1.29, 1.82) is 0 Å². The lowest BCUT2D eigenvalue weighted by molar-refractivity contribution is -0.384. The van der Waals surface area contributed by atoms with Crippen LogP contribution in [-0.4, -0.2) is 38.9 Å². The minimum absolute atomic E-state index is 0.00371. The first-order valence-electron chi connectivity index (χ1n) is 8.83. The Kier molecular flexibility index (Phi) is 3.70. The fourth-order valence-corrected chi connectivity index (χ4v) is 4.54. The maximum atomic E-state index is 11.5. The third-order valence-corrected chi connectivity index (χ3v) is 5.59. The molecule has 0 unspecified atom stereocenters. The molecule has 2 aliphatic heterocycles. The molecule has 3 fully saturated rings. The number of non-ortho nitro benzene ring substituents is 1. The Balaban J connectivity index is 1.76. The topological polar surface area (TPSA) is 85.1 Å². The standard InChI is InChI=1S/C18H24N2O5/c1-17(2,3)19-16-15-13(5-4-6-14(15)25-19)24-18(16,21)11-7-9-12(10-8-11)20(22)23/h7-10,13-16,21H,4-6H2,1-3H3/t13-,14+,15-,16-,18+/m0/s1. The molecule has 3 aliphatic rings. The largest absolute Gasteiger partial charge is 0.360 e. The van der Waals surface area contributed by atoms with Gasteiger partial charge in [-0.15, -0.1) is 0 Å². The Hall–Kier alpha value is -1.54. The maximum Gasteiger partial charge on any atom is 0.269 e. The molecular weight excluding hydrogens is 324 g/mol. The summed E-state index contributed by atoms with van der Waals surface area (Å²) in [4.78, 5) is 16.7. The van der Waals surface area contributed by atoms with E-state index in [0.717, 1.165) is 19.3 Å². The summed E-state index contributed by atoms with van der Waals surface area (Å²) in [7, 11) is 0. The van der Waals surface area contributed by atoms with Gasteiger partial charge in [0, 0.05) is 29.2 Å².